The van der Waals surface area contributed by atoms with Crippen LogP contribution in [0.25, 0.3) is 10.9 Å². The number of fused-ring (bicyclic) bond motifs is 1. The van der Waals surface area contributed by atoms with Crippen LogP contribution in [0.5, 0.6) is 5.75 Å². The number of rotatable bonds is 5. The van der Waals surface area contributed by atoms with Crippen molar-refractivity contribution in [3.63, 3.8) is 0 Å². The summed E-state index contributed by atoms with van der Waals surface area (Å²) in [6, 6.07) is 20.9. The number of hydrogen-bond donors (Lipinski definition) is 1. The van der Waals surface area contributed by atoms with E-state index in [1.54, 1.807) is 29.7 Å². The summed E-state index contributed by atoms with van der Waals surface area (Å²) in [7, 11) is 0. The van der Waals surface area contributed by atoms with Crippen LogP contribution in [0.15, 0.2) is 78.3 Å². The van der Waals surface area contributed by atoms with Gasteiger partial charge in [0.25, 0.3) is 5.91 Å². The molecule has 2 heterocycles. The first kappa shape index (κ1) is 16.3. The van der Waals surface area contributed by atoms with Crippen molar-refractivity contribution in [3.05, 3.63) is 88.7 Å². The van der Waals surface area contributed by atoms with Crippen LogP contribution in [0.4, 0.5) is 5.69 Å². The molecule has 0 aliphatic carbocycles. The second-order valence-electron chi connectivity index (χ2n) is 5.77. The predicted molar refractivity (Wildman–Crippen MR) is 105 cm³/mol. The van der Waals surface area contributed by atoms with Crippen LogP contribution in [0.1, 0.15) is 15.2 Å². The summed E-state index contributed by atoms with van der Waals surface area (Å²) >= 11 is 1.64. The smallest absolute Gasteiger partial charge is 0.255 e. The largest absolute Gasteiger partial charge is 0.488 e. The number of carbonyl (C=O) groups is 1. The average Bonchev–Trinajstić information content (AvgIpc) is 3.20. The van der Waals surface area contributed by atoms with Gasteiger partial charge in [-0.1, -0.05) is 30.3 Å². The molecule has 0 saturated heterocycles. The van der Waals surface area contributed by atoms with Crippen LogP contribution in [-0.4, -0.2) is 10.9 Å². The van der Waals surface area contributed by atoms with Gasteiger partial charge in [-0.25, -0.2) is 0 Å². The van der Waals surface area contributed by atoms with E-state index in [4.69, 9.17) is 4.74 Å². The Morgan fingerprint density at radius 3 is 2.85 bits per heavy atom. The number of nitrogens with one attached hydrogen (secondary N) is 1. The number of para-hydroxylation sites is 1. The van der Waals surface area contributed by atoms with Gasteiger partial charge in [0.2, 0.25) is 0 Å². The van der Waals surface area contributed by atoms with Gasteiger partial charge in [-0.2, -0.15) is 0 Å². The molecular weight excluding hydrogens is 344 g/mol. The summed E-state index contributed by atoms with van der Waals surface area (Å²) in [6.45, 7) is 0.497. The molecule has 0 bridgehead atoms. The maximum atomic E-state index is 12.5. The molecule has 0 spiro atoms. The molecule has 4 aromatic rings. The van der Waals surface area contributed by atoms with Crippen LogP contribution >= 0.6 is 11.3 Å². The fraction of sp³-hybridized carbons (Fsp3) is 0.0476. The van der Waals surface area contributed by atoms with Gasteiger partial charge in [-0.15, -0.1) is 11.3 Å². The third-order valence-electron chi connectivity index (χ3n) is 3.91. The zero-order valence-electron chi connectivity index (χ0n) is 13.9. The molecule has 26 heavy (non-hydrogen) atoms. The Balaban J connectivity index is 1.47. The van der Waals surface area contributed by atoms with Crippen molar-refractivity contribution in [2.75, 3.05) is 5.32 Å². The molecule has 0 aliphatic rings. The van der Waals surface area contributed by atoms with Crippen LogP contribution in [0.2, 0.25) is 0 Å². The van der Waals surface area contributed by atoms with Crippen LogP contribution in [0, 0.1) is 0 Å². The second kappa shape index (κ2) is 7.37. The van der Waals surface area contributed by atoms with Gasteiger partial charge in [-0.05, 0) is 41.8 Å². The van der Waals surface area contributed by atoms with E-state index >= 15 is 0 Å². The highest BCUT2D eigenvalue weighted by Crippen LogP contribution is 2.20. The maximum absolute atomic E-state index is 12.5. The molecule has 0 saturated carbocycles. The Morgan fingerprint density at radius 1 is 1.04 bits per heavy atom. The molecule has 0 fully saturated rings. The third kappa shape index (κ3) is 3.73. The topological polar surface area (TPSA) is 51.2 Å². The van der Waals surface area contributed by atoms with Crippen molar-refractivity contribution in [1.29, 1.82) is 0 Å². The lowest BCUT2D eigenvalue weighted by Crippen LogP contribution is -2.12. The Morgan fingerprint density at radius 2 is 1.96 bits per heavy atom. The highest BCUT2D eigenvalue weighted by atomic mass is 32.1. The van der Waals surface area contributed by atoms with Gasteiger partial charge in [0, 0.05) is 15.8 Å². The van der Waals surface area contributed by atoms with E-state index in [2.05, 4.69) is 10.3 Å². The van der Waals surface area contributed by atoms with E-state index in [0.29, 0.717) is 23.6 Å². The number of nitrogens with zero attached hydrogens (tertiary/aromatic N) is 1. The fourth-order valence-corrected chi connectivity index (χ4v) is 3.23. The molecule has 1 N–H and O–H groups in total. The number of amides is 1. The first-order valence-corrected chi connectivity index (χ1v) is 9.07. The molecule has 0 unspecified atom stereocenters. The van der Waals surface area contributed by atoms with Crippen molar-refractivity contribution in [2.45, 2.75) is 6.61 Å². The highest BCUT2D eigenvalue weighted by molar-refractivity contribution is 7.09. The molecule has 1 amide bonds. The number of pyridine rings is 1. The first-order chi connectivity index (χ1) is 12.8. The lowest BCUT2D eigenvalue weighted by Gasteiger charge is -2.09. The quantitative estimate of drug-likeness (QED) is 0.537. The molecule has 4 rings (SSSR count). The van der Waals surface area contributed by atoms with Crippen molar-refractivity contribution >= 4 is 33.8 Å². The maximum Gasteiger partial charge on any atom is 0.255 e. The molecule has 2 aromatic heterocycles. The minimum absolute atomic E-state index is 0.191. The van der Waals surface area contributed by atoms with E-state index < -0.39 is 0 Å². The monoisotopic (exact) mass is 360 g/mol. The number of benzene rings is 2. The van der Waals surface area contributed by atoms with Crippen LogP contribution in [-0.2, 0) is 6.61 Å². The summed E-state index contributed by atoms with van der Waals surface area (Å²) in [5.41, 5.74) is 2.11. The molecule has 128 valence electrons. The number of anilines is 1. The summed E-state index contributed by atoms with van der Waals surface area (Å²) in [6.07, 6.45) is 1.66. The fourth-order valence-electron chi connectivity index (χ4n) is 2.62. The number of thiophene rings is 1. The molecule has 0 aliphatic heterocycles. The number of hydrogen-bond acceptors (Lipinski definition) is 4. The Kier molecular flexibility index (Phi) is 4.62. The van der Waals surface area contributed by atoms with Gasteiger partial charge in [-0.3, -0.25) is 9.78 Å². The lowest BCUT2D eigenvalue weighted by atomic mass is 10.2. The minimum atomic E-state index is -0.191. The number of ether oxygens (including phenoxy) is 1. The van der Waals surface area contributed by atoms with E-state index in [0.717, 1.165) is 15.8 Å². The Bertz CT molecular complexity index is 1040. The molecule has 0 radical (unpaired) electrons. The Hall–Kier alpha value is -3.18. The second-order valence-corrected chi connectivity index (χ2v) is 6.80. The number of aromatic nitrogens is 1. The van der Waals surface area contributed by atoms with E-state index in [-0.39, 0.29) is 5.91 Å². The summed E-state index contributed by atoms with van der Waals surface area (Å²) in [5.74, 6) is 0.478. The van der Waals surface area contributed by atoms with Gasteiger partial charge < -0.3 is 10.1 Å². The van der Waals surface area contributed by atoms with E-state index in [1.165, 1.54) is 0 Å². The van der Waals surface area contributed by atoms with E-state index in [9.17, 15) is 4.79 Å². The first-order valence-electron chi connectivity index (χ1n) is 8.19. The normalized spacial score (nSPS) is 10.6. The summed E-state index contributed by atoms with van der Waals surface area (Å²) in [5, 5.41) is 5.89. The highest BCUT2D eigenvalue weighted by Gasteiger charge is 2.08. The van der Waals surface area contributed by atoms with Crippen molar-refractivity contribution in [1.82, 2.24) is 4.98 Å². The third-order valence-corrected chi connectivity index (χ3v) is 4.76. The van der Waals surface area contributed by atoms with Crippen LogP contribution < -0.4 is 10.1 Å². The zero-order valence-corrected chi connectivity index (χ0v) is 14.7. The molecule has 4 nitrogen and oxygen atoms in total. The van der Waals surface area contributed by atoms with Gasteiger partial charge in [0.15, 0.2) is 0 Å². The molecule has 2 aromatic carbocycles. The van der Waals surface area contributed by atoms with Crippen molar-refractivity contribution < 1.29 is 9.53 Å². The molecule has 0 atom stereocenters. The van der Waals surface area contributed by atoms with Crippen molar-refractivity contribution in [3.8, 4) is 5.75 Å². The lowest BCUT2D eigenvalue weighted by molar-refractivity contribution is 0.102. The van der Waals surface area contributed by atoms with Gasteiger partial charge in [0.05, 0.1) is 17.4 Å². The van der Waals surface area contributed by atoms with Crippen molar-refractivity contribution in [2.24, 2.45) is 0 Å². The van der Waals surface area contributed by atoms with E-state index in [1.807, 2.05) is 60.0 Å². The Labute approximate surface area is 155 Å². The standard InChI is InChI=1S/C21H16N2O2S/c24-21(23-17-11-15-5-1-2-9-20(15)22-13-17)16-6-3-7-18(12-16)25-14-19-8-4-10-26-19/h1-13H,14H2,(H,23,24). The van der Waals surface area contributed by atoms with Crippen LogP contribution in [0.3, 0.4) is 0 Å². The summed E-state index contributed by atoms with van der Waals surface area (Å²) < 4.78 is 5.77. The SMILES string of the molecule is O=C(Nc1cnc2ccccc2c1)c1cccc(OCc2cccs2)c1. The molecule has 5 heteroatoms. The van der Waals surface area contributed by atoms with Gasteiger partial charge in [0.1, 0.15) is 12.4 Å². The minimum Gasteiger partial charge on any atom is -0.488 e. The average molecular weight is 360 g/mol. The summed E-state index contributed by atoms with van der Waals surface area (Å²) in [4.78, 5) is 18.0. The predicted octanol–water partition coefficient (Wildman–Crippen LogP) is 5.13. The van der Waals surface area contributed by atoms with Gasteiger partial charge >= 0.3 is 0 Å². The zero-order chi connectivity index (χ0) is 17.8. The molecular formula is C21H16N2O2S. The number of carbonyl (C=O) groups excluding carboxylic acids is 1.